The third kappa shape index (κ3) is 2.47. The summed E-state index contributed by atoms with van der Waals surface area (Å²) in [5.41, 5.74) is -0.659. The SMILES string of the molecule is FC(F)(F)c1ccnc(N2C[C@@H]3C[C@H]2CN3c2ncccn2)c1. The molecule has 4 heterocycles. The fourth-order valence-corrected chi connectivity index (χ4v) is 3.38. The summed E-state index contributed by atoms with van der Waals surface area (Å²) in [7, 11) is 0. The number of nitrogens with zero attached hydrogens (tertiary/aromatic N) is 5. The van der Waals surface area contributed by atoms with Crippen molar-refractivity contribution in [3.63, 3.8) is 0 Å². The molecule has 2 atom stereocenters. The second kappa shape index (κ2) is 5.07. The van der Waals surface area contributed by atoms with Crippen LogP contribution in [-0.4, -0.2) is 40.1 Å². The molecule has 2 saturated heterocycles. The monoisotopic (exact) mass is 321 g/mol. The molecule has 2 aliphatic heterocycles. The fourth-order valence-electron chi connectivity index (χ4n) is 3.38. The van der Waals surface area contributed by atoms with Crippen molar-refractivity contribution in [2.45, 2.75) is 24.7 Å². The van der Waals surface area contributed by atoms with Gasteiger partial charge < -0.3 is 9.80 Å². The maximum atomic E-state index is 12.9. The first-order valence-electron chi connectivity index (χ1n) is 7.36. The van der Waals surface area contributed by atoms with E-state index in [1.54, 1.807) is 18.5 Å². The van der Waals surface area contributed by atoms with Crippen molar-refractivity contribution in [1.82, 2.24) is 15.0 Å². The standard InChI is InChI=1S/C15H14F3N5/c16-15(17,18)10-2-5-19-13(6-10)22-8-12-7-11(22)9-23(12)14-20-3-1-4-21-14/h1-6,11-12H,7-9H2/t11-,12-/m0/s1. The quantitative estimate of drug-likeness (QED) is 0.850. The molecule has 2 aromatic rings. The molecule has 23 heavy (non-hydrogen) atoms. The molecule has 120 valence electrons. The van der Waals surface area contributed by atoms with Crippen molar-refractivity contribution in [1.29, 1.82) is 0 Å². The number of hydrogen-bond donors (Lipinski definition) is 0. The van der Waals surface area contributed by atoms with Gasteiger partial charge in [-0.3, -0.25) is 0 Å². The first kappa shape index (κ1) is 14.2. The Hall–Kier alpha value is -2.38. The van der Waals surface area contributed by atoms with Gasteiger partial charge in [-0.1, -0.05) is 0 Å². The van der Waals surface area contributed by atoms with Crippen LogP contribution in [0.3, 0.4) is 0 Å². The highest BCUT2D eigenvalue weighted by Gasteiger charge is 2.45. The highest BCUT2D eigenvalue weighted by molar-refractivity contribution is 5.50. The topological polar surface area (TPSA) is 45.2 Å². The van der Waals surface area contributed by atoms with Gasteiger partial charge in [0.25, 0.3) is 0 Å². The molecule has 0 unspecified atom stereocenters. The Morgan fingerprint density at radius 3 is 2.30 bits per heavy atom. The number of fused-ring (bicyclic) bond motifs is 2. The normalized spacial score (nSPS) is 23.6. The van der Waals surface area contributed by atoms with Crippen molar-refractivity contribution in [3.8, 4) is 0 Å². The van der Waals surface area contributed by atoms with E-state index < -0.39 is 11.7 Å². The van der Waals surface area contributed by atoms with E-state index in [9.17, 15) is 13.2 Å². The molecule has 2 bridgehead atoms. The van der Waals surface area contributed by atoms with Crippen molar-refractivity contribution < 1.29 is 13.2 Å². The minimum Gasteiger partial charge on any atom is -0.350 e. The van der Waals surface area contributed by atoms with Crippen LogP contribution in [0.15, 0.2) is 36.8 Å². The predicted molar refractivity (Wildman–Crippen MR) is 78.2 cm³/mol. The van der Waals surface area contributed by atoms with Crippen LogP contribution in [0.4, 0.5) is 24.9 Å². The second-order valence-corrected chi connectivity index (χ2v) is 5.80. The van der Waals surface area contributed by atoms with Crippen LogP contribution >= 0.6 is 0 Å². The summed E-state index contributed by atoms with van der Waals surface area (Å²) in [6.45, 7) is 1.34. The molecule has 0 N–H and O–H groups in total. The average Bonchev–Trinajstić information content (AvgIpc) is 3.15. The Labute approximate surface area is 130 Å². The maximum Gasteiger partial charge on any atom is 0.416 e. The van der Waals surface area contributed by atoms with Gasteiger partial charge in [0.1, 0.15) is 5.82 Å². The van der Waals surface area contributed by atoms with Crippen LogP contribution in [0.2, 0.25) is 0 Å². The Morgan fingerprint density at radius 2 is 1.65 bits per heavy atom. The highest BCUT2D eigenvalue weighted by Crippen LogP contribution is 2.37. The highest BCUT2D eigenvalue weighted by atomic mass is 19.4. The summed E-state index contributed by atoms with van der Waals surface area (Å²) in [5.74, 6) is 1.07. The van der Waals surface area contributed by atoms with Gasteiger partial charge in [-0.15, -0.1) is 0 Å². The molecule has 2 aliphatic rings. The number of halogens is 3. The zero-order valence-corrected chi connectivity index (χ0v) is 12.1. The lowest BCUT2D eigenvalue weighted by atomic mass is 10.2. The molecule has 8 heteroatoms. The lowest BCUT2D eigenvalue weighted by molar-refractivity contribution is -0.137. The molecule has 0 aromatic carbocycles. The van der Waals surface area contributed by atoms with E-state index in [1.165, 1.54) is 6.20 Å². The van der Waals surface area contributed by atoms with Crippen LogP contribution in [-0.2, 0) is 6.18 Å². The van der Waals surface area contributed by atoms with E-state index in [2.05, 4.69) is 19.9 Å². The van der Waals surface area contributed by atoms with Crippen molar-refractivity contribution in [3.05, 3.63) is 42.4 Å². The van der Waals surface area contributed by atoms with Crippen LogP contribution in [0.25, 0.3) is 0 Å². The number of rotatable bonds is 2. The average molecular weight is 321 g/mol. The van der Waals surface area contributed by atoms with Crippen LogP contribution < -0.4 is 9.80 Å². The Kier molecular flexibility index (Phi) is 3.14. The van der Waals surface area contributed by atoms with E-state index in [1.807, 2.05) is 4.90 Å². The van der Waals surface area contributed by atoms with E-state index in [0.29, 0.717) is 24.9 Å². The Morgan fingerprint density at radius 1 is 0.957 bits per heavy atom. The lowest BCUT2D eigenvalue weighted by Crippen LogP contribution is -2.47. The van der Waals surface area contributed by atoms with Crippen LogP contribution in [0.1, 0.15) is 12.0 Å². The molecule has 0 amide bonds. The maximum absolute atomic E-state index is 12.9. The molecule has 4 rings (SSSR count). The van der Waals surface area contributed by atoms with E-state index >= 15 is 0 Å². The molecule has 0 aliphatic carbocycles. The molecule has 2 aromatic heterocycles. The molecule has 2 fully saturated rings. The van der Waals surface area contributed by atoms with E-state index in [0.717, 1.165) is 18.6 Å². The first-order chi connectivity index (χ1) is 11.0. The van der Waals surface area contributed by atoms with Crippen LogP contribution in [0, 0.1) is 0 Å². The molecular weight excluding hydrogens is 307 g/mol. The molecule has 0 radical (unpaired) electrons. The number of hydrogen-bond acceptors (Lipinski definition) is 5. The summed E-state index contributed by atoms with van der Waals surface area (Å²) in [6, 6.07) is 4.24. The Balaban J connectivity index is 1.55. The van der Waals surface area contributed by atoms with E-state index in [-0.39, 0.29) is 12.1 Å². The van der Waals surface area contributed by atoms with Crippen molar-refractivity contribution >= 4 is 11.8 Å². The molecular formula is C15H14F3N5. The van der Waals surface area contributed by atoms with Crippen molar-refractivity contribution in [2.75, 3.05) is 22.9 Å². The van der Waals surface area contributed by atoms with Gasteiger partial charge in [-0.2, -0.15) is 13.2 Å². The molecule has 0 spiro atoms. The van der Waals surface area contributed by atoms with Gasteiger partial charge in [-0.05, 0) is 24.6 Å². The van der Waals surface area contributed by atoms with E-state index in [4.69, 9.17) is 0 Å². The number of pyridine rings is 1. The van der Waals surface area contributed by atoms with Gasteiger partial charge in [0.2, 0.25) is 5.95 Å². The predicted octanol–water partition coefficient (Wildman–Crippen LogP) is 2.36. The van der Waals surface area contributed by atoms with Crippen molar-refractivity contribution in [2.24, 2.45) is 0 Å². The zero-order valence-electron chi connectivity index (χ0n) is 12.1. The minimum atomic E-state index is -4.35. The molecule has 0 saturated carbocycles. The second-order valence-electron chi connectivity index (χ2n) is 5.80. The summed E-state index contributed by atoms with van der Waals surface area (Å²) in [5, 5.41) is 0. The third-order valence-electron chi connectivity index (χ3n) is 4.42. The smallest absolute Gasteiger partial charge is 0.350 e. The number of piperazine rings is 1. The summed E-state index contributed by atoms with van der Waals surface area (Å²) < 4.78 is 38.6. The lowest BCUT2D eigenvalue weighted by Gasteiger charge is -2.35. The summed E-state index contributed by atoms with van der Waals surface area (Å²) in [4.78, 5) is 16.7. The van der Waals surface area contributed by atoms with Gasteiger partial charge in [0, 0.05) is 31.7 Å². The minimum absolute atomic E-state index is 0.139. The largest absolute Gasteiger partial charge is 0.416 e. The number of alkyl halides is 3. The molecule has 5 nitrogen and oxygen atoms in total. The zero-order chi connectivity index (χ0) is 16.0. The summed E-state index contributed by atoms with van der Waals surface area (Å²) in [6.07, 6.45) is 1.15. The Bertz CT molecular complexity index is 706. The van der Waals surface area contributed by atoms with Gasteiger partial charge >= 0.3 is 6.18 Å². The van der Waals surface area contributed by atoms with Gasteiger partial charge in [0.05, 0.1) is 17.6 Å². The summed E-state index contributed by atoms with van der Waals surface area (Å²) >= 11 is 0. The fraction of sp³-hybridized carbons (Fsp3) is 0.400. The third-order valence-corrected chi connectivity index (χ3v) is 4.42. The number of anilines is 2. The first-order valence-corrected chi connectivity index (χ1v) is 7.36. The van der Waals surface area contributed by atoms with Crippen LogP contribution in [0.5, 0.6) is 0 Å². The van der Waals surface area contributed by atoms with Gasteiger partial charge in [-0.25, -0.2) is 15.0 Å². The van der Waals surface area contributed by atoms with Gasteiger partial charge in [0.15, 0.2) is 0 Å². The number of aromatic nitrogens is 3.